The normalized spacial score (nSPS) is 13.1. The molecule has 0 saturated carbocycles. The van der Waals surface area contributed by atoms with Crippen LogP contribution >= 0.6 is 10.7 Å². The first kappa shape index (κ1) is 16.9. The molecule has 0 heterocycles. The molecule has 0 aliphatic heterocycles. The highest BCUT2D eigenvalue weighted by atomic mass is 35.7. The number of hydrogen-bond donors (Lipinski definition) is 0. The number of benzene rings is 1. The molecule has 112 valence electrons. The monoisotopic (exact) mass is 321 g/mol. The second-order valence-corrected chi connectivity index (χ2v) is 7.34. The van der Waals surface area contributed by atoms with Crippen LogP contribution in [0.15, 0.2) is 23.1 Å². The van der Waals surface area contributed by atoms with E-state index in [-0.39, 0.29) is 10.5 Å². The Morgan fingerprint density at radius 1 is 1.45 bits per heavy atom. The molecular formula is C13H17ClFNO3S. The summed E-state index contributed by atoms with van der Waals surface area (Å²) in [6, 6.07) is 3.02. The first-order chi connectivity index (χ1) is 9.16. The van der Waals surface area contributed by atoms with Crippen LogP contribution in [-0.4, -0.2) is 32.8 Å². The van der Waals surface area contributed by atoms with Crippen LogP contribution in [0.1, 0.15) is 30.6 Å². The Bertz CT molecular complexity index is 604. The zero-order chi connectivity index (χ0) is 15.5. The second kappa shape index (κ2) is 6.54. The van der Waals surface area contributed by atoms with E-state index in [1.54, 1.807) is 7.05 Å². The fourth-order valence-corrected chi connectivity index (χ4v) is 2.47. The fourth-order valence-electron chi connectivity index (χ4n) is 1.71. The van der Waals surface area contributed by atoms with Gasteiger partial charge in [0.2, 0.25) is 0 Å². The highest BCUT2D eigenvalue weighted by Crippen LogP contribution is 2.19. The molecule has 1 aromatic rings. The van der Waals surface area contributed by atoms with E-state index in [0.29, 0.717) is 12.5 Å². The lowest BCUT2D eigenvalue weighted by molar-refractivity contribution is 0.0770. The van der Waals surface area contributed by atoms with Crippen LogP contribution in [0.4, 0.5) is 4.39 Å². The van der Waals surface area contributed by atoms with Crippen molar-refractivity contribution < 1.29 is 17.6 Å². The number of hydrogen-bond acceptors (Lipinski definition) is 3. The highest BCUT2D eigenvalue weighted by molar-refractivity contribution is 8.13. The molecule has 0 bridgehead atoms. The first-order valence-electron chi connectivity index (χ1n) is 6.16. The SMILES string of the molecule is CCC(C)CN(C)C(=O)c1ccc(S(=O)(=O)Cl)cc1F. The minimum Gasteiger partial charge on any atom is -0.341 e. The maximum atomic E-state index is 13.8. The van der Waals surface area contributed by atoms with Gasteiger partial charge in [-0.15, -0.1) is 0 Å². The lowest BCUT2D eigenvalue weighted by Gasteiger charge is -2.21. The van der Waals surface area contributed by atoms with Crippen molar-refractivity contribution in [3.05, 3.63) is 29.6 Å². The average molecular weight is 322 g/mol. The van der Waals surface area contributed by atoms with E-state index in [9.17, 15) is 17.6 Å². The number of amides is 1. The van der Waals surface area contributed by atoms with Crippen LogP contribution in [0.2, 0.25) is 0 Å². The third kappa shape index (κ3) is 4.18. The molecule has 0 spiro atoms. The van der Waals surface area contributed by atoms with Gasteiger partial charge in [0.25, 0.3) is 15.0 Å². The Labute approximate surface area is 123 Å². The van der Waals surface area contributed by atoms with Crippen LogP contribution in [0.3, 0.4) is 0 Å². The van der Waals surface area contributed by atoms with Crippen molar-refractivity contribution in [1.29, 1.82) is 0 Å². The molecule has 0 saturated heterocycles. The number of carbonyl (C=O) groups is 1. The van der Waals surface area contributed by atoms with Gasteiger partial charge >= 0.3 is 0 Å². The Hall–Kier alpha value is -1.14. The van der Waals surface area contributed by atoms with E-state index < -0.39 is 20.8 Å². The van der Waals surface area contributed by atoms with Crippen LogP contribution in [0, 0.1) is 11.7 Å². The van der Waals surface area contributed by atoms with Gasteiger partial charge in [0.1, 0.15) is 5.82 Å². The van der Waals surface area contributed by atoms with Gasteiger partial charge < -0.3 is 4.90 Å². The van der Waals surface area contributed by atoms with Crippen molar-refractivity contribution >= 4 is 25.6 Å². The molecule has 1 amide bonds. The smallest absolute Gasteiger partial charge is 0.261 e. The Morgan fingerprint density at radius 2 is 2.05 bits per heavy atom. The van der Waals surface area contributed by atoms with Gasteiger partial charge in [-0.1, -0.05) is 20.3 Å². The number of halogens is 2. The summed E-state index contributed by atoms with van der Waals surface area (Å²) in [7, 11) is 2.70. The molecule has 0 aromatic heterocycles. The van der Waals surface area contributed by atoms with Crippen molar-refractivity contribution in [2.24, 2.45) is 5.92 Å². The van der Waals surface area contributed by atoms with E-state index in [4.69, 9.17) is 10.7 Å². The van der Waals surface area contributed by atoms with Crippen molar-refractivity contribution in [2.75, 3.05) is 13.6 Å². The van der Waals surface area contributed by atoms with Gasteiger partial charge in [-0.2, -0.15) is 0 Å². The molecule has 20 heavy (non-hydrogen) atoms. The summed E-state index contributed by atoms with van der Waals surface area (Å²) in [5.74, 6) is -1.08. The molecule has 4 nitrogen and oxygen atoms in total. The molecule has 0 aliphatic carbocycles. The van der Waals surface area contributed by atoms with Crippen molar-refractivity contribution in [1.82, 2.24) is 4.90 Å². The van der Waals surface area contributed by atoms with Gasteiger partial charge in [-0.25, -0.2) is 12.8 Å². The maximum Gasteiger partial charge on any atom is 0.261 e. The van der Waals surface area contributed by atoms with E-state index >= 15 is 0 Å². The predicted octanol–water partition coefficient (Wildman–Crippen LogP) is 2.87. The van der Waals surface area contributed by atoms with Crippen LogP contribution in [-0.2, 0) is 9.05 Å². The van der Waals surface area contributed by atoms with Crippen LogP contribution in [0.5, 0.6) is 0 Å². The molecule has 0 N–H and O–H groups in total. The maximum absolute atomic E-state index is 13.8. The highest BCUT2D eigenvalue weighted by Gasteiger charge is 2.20. The molecule has 1 atom stereocenters. The number of nitrogens with zero attached hydrogens (tertiary/aromatic N) is 1. The first-order valence-corrected chi connectivity index (χ1v) is 8.47. The van der Waals surface area contributed by atoms with Gasteiger partial charge in [-0.3, -0.25) is 4.79 Å². The van der Waals surface area contributed by atoms with Crippen molar-refractivity contribution in [2.45, 2.75) is 25.2 Å². The van der Waals surface area contributed by atoms with E-state index in [1.807, 2.05) is 13.8 Å². The Morgan fingerprint density at radius 3 is 2.50 bits per heavy atom. The minimum atomic E-state index is -4.00. The van der Waals surface area contributed by atoms with Crippen LogP contribution in [0.25, 0.3) is 0 Å². The standard InChI is InChI=1S/C13H17ClFNO3S/c1-4-9(2)8-16(3)13(17)11-6-5-10(7-12(11)15)20(14,18)19/h5-7,9H,4,8H2,1-3H3. The number of rotatable bonds is 5. The summed E-state index contributed by atoms with van der Waals surface area (Å²) in [4.78, 5) is 13.1. The second-order valence-electron chi connectivity index (χ2n) is 4.78. The summed E-state index contributed by atoms with van der Waals surface area (Å²) < 4.78 is 36.0. The average Bonchev–Trinajstić information content (AvgIpc) is 2.36. The molecule has 0 aliphatic rings. The lowest BCUT2D eigenvalue weighted by atomic mass is 10.1. The summed E-state index contributed by atoms with van der Waals surface area (Å²) in [5.41, 5.74) is -0.167. The van der Waals surface area contributed by atoms with E-state index in [2.05, 4.69) is 0 Å². The Kier molecular flexibility index (Phi) is 5.53. The van der Waals surface area contributed by atoms with Gasteiger partial charge in [0.15, 0.2) is 0 Å². The molecular weight excluding hydrogens is 305 g/mol. The molecule has 7 heteroatoms. The third-order valence-corrected chi connectivity index (χ3v) is 4.43. The Balaban J connectivity index is 3.00. The summed E-state index contributed by atoms with van der Waals surface area (Å²) in [6.45, 7) is 4.50. The van der Waals surface area contributed by atoms with Gasteiger partial charge in [0.05, 0.1) is 10.5 Å². The topological polar surface area (TPSA) is 54.5 Å². The van der Waals surface area contributed by atoms with Gasteiger partial charge in [-0.05, 0) is 24.1 Å². The summed E-state index contributed by atoms with van der Waals surface area (Å²) in [6.07, 6.45) is 0.906. The number of carbonyl (C=O) groups excluding carboxylic acids is 1. The lowest BCUT2D eigenvalue weighted by Crippen LogP contribution is -2.31. The molecule has 1 aromatic carbocycles. The predicted molar refractivity (Wildman–Crippen MR) is 75.9 cm³/mol. The molecule has 0 radical (unpaired) electrons. The molecule has 1 unspecified atom stereocenters. The largest absolute Gasteiger partial charge is 0.341 e. The van der Waals surface area contributed by atoms with Crippen LogP contribution < -0.4 is 0 Å². The van der Waals surface area contributed by atoms with Crippen molar-refractivity contribution in [3.63, 3.8) is 0 Å². The molecule has 0 fully saturated rings. The summed E-state index contributed by atoms with van der Waals surface area (Å²) >= 11 is 0. The zero-order valence-corrected chi connectivity index (χ0v) is 13.1. The van der Waals surface area contributed by atoms with Gasteiger partial charge in [0, 0.05) is 24.3 Å². The third-order valence-electron chi connectivity index (χ3n) is 3.08. The fraction of sp³-hybridized carbons (Fsp3) is 0.462. The quantitative estimate of drug-likeness (QED) is 0.784. The molecule has 1 rings (SSSR count). The zero-order valence-electron chi connectivity index (χ0n) is 11.6. The van der Waals surface area contributed by atoms with E-state index in [1.165, 1.54) is 4.90 Å². The van der Waals surface area contributed by atoms with Crippen molar-refractivity contribution in [3.8, 4) is 0 Å². The van der Waals surface area contributed by atoms with E-state index in [0.717, 1.165) is 24.6 Å². The minimum absolute atomic E-state index is 0.167. The summed E-state index contributed by atoms with van der Waals surface area (Å²) in [5, 5.41) is 0.